The smallest absolute Gasteiger partial charge is 0.156 e. The molecule has 0 saturated carbocycles. The first kappa shape index (κ1) is 11.8. The van der Waals surface area contributed by atoms with E-state index in [0.717, 1.165) is 17.5 Å². The molecule has 1 aromatic carbocycles. The molecule has 0 amide bonds. The first-order valence-corrected chi connectivity index (χ1v) is 7.03. The van der Waals surface area contributed by atoms with E-state index in [1.54, 1.807) is 6.92 Å². The van der Waals surface area contributed by atoms with E-state index in [1.165, 1.54) is 0 Å². The molecule has 4 nitrogen and oxygen atoms in total. The van der Waals surface area contributed by atoms with Crippen LogP contribution in [0.15, 0.2) is 24.3 Å². The Kier molecular flexibility index (Phi) is 3.45. The van der Waals surface area contributed by atoms with E-state index in [9.17, 15) is 9.46 Å². The summed E-state index contributed by atoms with van der Waals surface area (Å²) in [4.78, 5) is 11.9. The molecule has 0 saturated heterocycles. The van der Waals surface area contributed by atoms with Gasteiger partial charge in [-0.25, -0.2) is 0 Å². The molecule has 0 spiro atoms. The van der Waals surface area contributed by atoms with Crippen LogP contribution < -0.4 is 10.2 Å². The number of benzene rings is 1. The molecule has 16 heavy (non-hydrogen) atoms. The maximum absolute atomic E-state index is 11.9. The van der Waals surface area contributed by atoms with Gasteiger partial charge in [0, 0.05) is 6.54 Å². The summed E-state index contributed by atoms with van der Waals surface area (Å²) in [6, 6.07) is 7.59. The van der Waals surface area contributed by atoms with Crippen molar-refractivity contribution in [1.29, 1.82) is 0 Å². The Bertz CT molecular complexity index is 421. The van der Waals surface area contributed by atoms with Gasteiger partial charge in [0.05, 0.1) is 12.4 Å². The lowest BCUT2D eigenvalue weighted by atomic mass is 10.0. The topological polar surface area (TPSA) is 61.4 Å². The second kappa shape index (κ2) is 4.68. The summed E-state index contributed by atoms with van der Waals surface area (Å²) < 4.78 is 16.8. The summed E-state index contributed by atoms with van der Waals surface area (Å²) >= 11 is 0. The van der Waals surface area contributed by atoms with Crippen LogP contribution in [-0.4, -0.2) is 13.2 Å². The third kappa shape index (κ3) is 2.20. The molecule has 0 aliphatic carbocycles. The fraction of sp³-hybridized carbons (Fsp3) is 0.455. The van der Waals surface area contributed by atoms with Gasteiger partial charge in [0.1, 0.15) is 0 Å². The molecule has 5 heteroatoms. The Balaban J connectivity index is 2.35. The van der Waals surface area contributed by atoms with Gasteiger partial charge in [-0.05, 0) is 24.5 Å². The third-order valence-electron chi connectivity index (χ3n) is 2.71. The minimum absolute atomic E-state index is 0.182. The molecule has 2 rings (SSSR count). The average molecular weight is 240 g/mol. The van der Waals surface area contributed by atoms with Gasteiger partial charge in [-0.3, -0.25) is 0 Å². The molecule has 1 N–H and O–H groups in total. The molecule has 1 heterocycles. The molecule has 2 atom stereocenters. The lowest BCUT2D eigenvalue weighted by molar-refractivity contribution is -0.202. The van der Waals surface area contributed by atoms with Crippen LogP contribution in [0.4, 0.5) is 0 Å². The summed E-state index contributed by atoms with van der Waals surface area (Å²) in [6.45, 7) is 2.53. The Morgan fingerprint density at radius 2 is 2.31 bits per heavy atom. The molecule has 0 bridgehead atoms. The maximum atomic E-state index is 11.9. The number of fused-ring (bicyclic) bond motifs is 1. The van der Waals surface area contributed by atoms with E-state index in [-0.39, 0.29) is 6.61 Å². The fourth-order valence-corrected chi connectivity index (χ4v) is 3.47. The minimum atomic E-state index is -3.86. The van der Waals surface area contributed by atoms with Crippen LogP contribution in [0.25, 0.3) is 0 Å². The standard InChI is InChI=1S/C11H16NO3P/c1-2-15-16(13,14)11-10-6-4-3-5-9(10)7-8-12-11/h3-6,11-12H,2,7-8H2,1H3,(H,13,14)/p-1. The molecule has 1 aromatic rings. The number of hydrogen-bond donors (Lipinski definition) is 1. The highest BCUT2D eigenvalue weighted by atomic mass is 31.2. The molecule has 2 unspecified atom stereocenters. The van der Waals surface area contributed by atoms with Crippen molar-refractivity contribution in [3.05, 3.63) is 35.4 Å². The molecule has 88 valence electrons. The van der Waals surface area contributed by atoms with Crippen LogP contribution in [0.1, 0.15) is 23.8 Å². The van der Waals surface area contributed by atoms with Crippen molar-refractivity contribution >= 4 is 7.60 Å². The summed E-state index contributed by atoms with van der Waals surface area (Å²) in [7, 11) is -3.86. The Morgan fingerprint density at radius 1 is 1.56 bits per heavy atom. The fourth-order valence-electron chi connectivity index (χ4n) is 2.02. The molecule has 1 aliphatic heterocycles. The highest BCUT2D eigenvalue weighted by Gasteiger charge is 2.28. The van der Waals surface area contributed by atoms with E-state index >= 15 is 0 Å². The van der Waals surface area contributed by atoms with Crippen molar-refractivity contribution in [3.63, 3.8) is 0 Å². The van der Waals surface area contributed by atoms with Crippen molar-refractivity contribution in [3.8, 4) is 0 Å². The van der Waals surface area contributed by atoms with Crippen LogP contribution in [0.3, 0.4) is 0 Å². The van der Waals surface area contributed by atoms with Gasteiger partial charge in [-0.1, -0.05) is 24.3 Å². The van der Waals surface area contributed by atoms with Gasteiger partial charge in [0.2, 0.25) is 0 Å². The summed E-state index contributed by atoms with van der Waals surface area (Å²) in [5.41, 5.74) is 1.91. The van der Waals surface area contributed by atoms with Crippen LogP contribution in [0.2, 0.25) is 0 Å². The molecule has 0 fully saturated rings. The third-order valence-corrected chi connectivity index (χ3v) is 4.42. The average Bonchev–Trinajstić information content (AvgIpc) is 2.28. The number of rotatable bonds is 3. The first-order chi connectivity index (χ1) is 7.65. The number of nitrogens with one attached hydrogen (secondary N) is 1. The lowest BCUT2D eigenvalue weighted by Gasteiger charge is -2.36. The van der Waals surface area contributed by atoms with E-state index < -0.39 is 13.4 Å². The van der Waals surface area contributed by atoms with Crippen LogP contribution >= 0.6 is 7.60 Å². The predicted octanol–water partition coefficient (Wildman–Crippen LogP) is 1.42. The Morgan fingerprint density at radius 3 is 3.06 bits per heavy atom. The van der Waals surface area contributed by atoms with E-state index in [2.05, 4.69) is 5.32 Å². The Labute approximate surface area is 95.2 Å². The van der Waals surface area contributed by atoms with Crippen molar-refractivity contribution in [2.24, 2.45) is 0 Å². The summed E-state index contributed by atoms with van der Waals surface area (Å²) in [5.74, 6) is -0.697. The van der Waals surface area contributed by atoms with Crippen molar-refractivity contribution < 1.29 is 14.0 Å². The van der Waals surface area contributed by atoms with Gasteiger partial charge in [0.15, 0.2) is 7.60 Å². The number of hydrogen-bond acceptors (Lipinski definition) is 4. The maximum Gasteiger partial charge on any atom is 0.156 e. The molecular formula is C11H15NO3P-. The molecule has 0 radical (unpaired) electrons. The van der Waals surface area contributed by atoms with E-state index in [0.29, 0.717) is 6.54 Å². The van der Waals surface area contributed by atoms with Gasteiger partial charge in [-0.15, -0.1) is 0 Å². The quantitative estimate of drug-likeness (QED) is 0.812. The Hall–Kier alpha value is -0.670. The highest BCUT2D eigenvalue weighted by Crippen LogP contribution is 2.52. The zero-order chi connectivity index (χ0) is 11.6. The van der Waals surface area contributed by atoms with E-state index in [1.807, 2.05) is 24.3 Å². The molecular weight excluding hydrogens is 225 g/mol. The van der Waals surface area contributed by atoms with Gasteiger partial charge >= 0.3 is 0 Å². The van der Waals surface area contributed by atoms with Gasteiger partial charge < -0.3 is 19.3 Å². The predicted molar refractivity (Wildman–Crippen MR) is 60.1 cm³/mol. The summed E-state index contributed by atoms with van der Waals surface area (Å²) in [6.07, 6.45) is 0.860. The second-order valence-electron chi connectivity index (χ2n) is 3.76. The van der Waals surface area contributed by atoms with Crippen LogP contribution in [0, 0.1) is 0 Å². The van der Waals surface area contributed by atoms with Crippen molar-refractivity contribution in [2.45, 2.75) is 19.1 Å². The zero-order valence-electron chi connectivity index (χ0n) is 9.18. The highest BCUT2D eigenvalue weighted by molar-refractivity contribution is 7.51. The minimum Gasteiger partial charge on any atom is -0.777 e. The van der Waals surface area contributed by atoms with Crippen LogP contribution in [0.5, 0.6) is 0 Å². The lowest BCUT2D eigenvalue weighted by Crippen LogP contribution is -2.33. The van der Waals surface area contributed by atoms with E-state index in [4.69, 9.17) is 4.52 Å². The zero-order valence-corrected chi connectivity index (χ0v) is 10.1. The van der Waals surface area contributed by atoms with Crippen molar-refractivity contribution in [2.75, 3.05) is 13.2 Å². The normalized spacial score (nSPS) is 23.5. The monoisotopic (exact) mass is 240 g/mol. The van der Waals surface area contributed by atoms with Gasteiger partial charge in [0.25, 0.3) is 0 Å². The van der Waals surface area contributed by atoms with Gasteiger partial charge in [-0.2, -0.15) is 0 Å². The first-order valence-electron chi connectivity index (χ1n) is 5.41. The SMILES string of the molecule is CCOP(=O)([O-])C1NCCc2ccccc21. The van der Waals surface area contributed by atoms with Crippen molar-refractivity contribution in [1.82, 2.24) is 5.32 Å². The largest absolute Gasteiger partial charge is 0.777 e. The summed E-state index contributed by atoms with van der Waals surface area (Å²) in [5, 5.41) is 3.00. The molecule has 0 aromatic heterocycles. The second-order valence-corrected chi connectivity index (χ2v) is 5.62. The molecule has 1 aliphatic rings. The van der Waals surface area contributed by atoms with Crippen LogP contribution in [-0.2, 0) is 15.5 Å².